The summed E-state index contributed by atoms with van der Waals surface area (Å²) in [7, 11) is 0. The molecule has 0 aliphatic carbocycles. The van der Waals surface area contributed by atoms with Gasteiger partial charge >= 0.3 is 0 Å². The lowest BCUT2D eigenvalue weighted by Gasteiger charge is -2.16. The number of benzene rings is 2. The second-order valence-corrected chi connectivity index (χ2v) is 5.02. The standard InChI is InChI=1S/C18H17NO/c20-13-16-5-2-14(3-6-16)1-4-15-7-8-18-12-19-10-9-17(18)11-15/h2-3,5-8,11,19-20H,9-10,12-13H2. The molecule has 3 rings (SSSR count). The summed E-state index contributed by atoms with van der Waals surface area (Å²) in [5.41, 5.74) is 5.75. The number of aliphatic hydroxyl groups excluding tert-OH is 1. The molecule has 2 aromatic carbocycles. The summed E-state index contributed by atoms with van der Waals surface area (Å²) in [5, 5.41) is 12.4. The highest BCUT2D eigenvalue weighted by Gasteiger charge is 2.07. The Hall–Kier alpha value is -2.08. The van der Waals surface area contributed by atoms with Crippen LogP contribution in [0.25, 0.3) is 0 Å². The first-order valence-electron chi connectivity index (χ1n) is 6.89. The number of rotatable bonds is 1. The largest absolute Gasteiger partial charge is 0.392 e. The van der Waals surface area contributed by atoms with Gasteiger partial charge in [-0.2, -0.15) is 0 Å². The lowest BCUT2D eigenvalue weighted by Crippen LogP contribution is -2.23. The van der Waals surface area contributed by atoms with E-state index in [9.17, 15) is 0 Å². The van der Waals surface area contributed by atoms with Crippen LogP contribution in [0, 0.1) is 11.8 Å². The zero-order valence-electron chi connectivity index (χ0n) is 11.3. The Bertz CT molecular complexity index is 662. The SMILES string of the molecule is OCc1ccc(C#Cc2ccc3c(c2)CCNC3)cc1. The van der Waals surface area contributed by atoms with E-state index in [1.165, 1.54) is 11.1 Å². The van der Waals surface area contributed by atoms with Crippen molar-refractivity contribution in [1.29, 1.82) is 0 Å². The Labute approximate surface area is 119 Å². The predicted octanol–water partition coefficient (Wildman–Crippen LogP) is 2.22. The molecule has 1 aliphatic heterocycles. The molecule has 100 valence electrons. The highest BCUT2D eigenvalue weighted by Crippen LogP contribution is 2.15. The van der Waals surface area contributed by atoms with Gasteiger partial charge in [-0.05, 0) is 53.9 Å². The van der Waals surface area contributed by atoms with Gasteiger partial charge in [-0.3, -0.25) is 0 Å². The average Bonchev–Trinajstić information content (AvgIpc) is 2.53. The van der Waals surface area contributed by atoms with E-state index in [4.69, 9.17) is 5.11 Å². The lowest BCUT2D eigenvalue weighted by molar-refractivity contribution is 0.282. The Kier molecular flexibility index (Phi) is 3.83. The molecule has 0 aromatic heterocycles. The summed E-state index contributed by atoms with van der Waals surface area (Å²) in [6.07, 6.45) is 1.08. The van der Waals surface area contributed by atoms with Gasteiger partial charge in [-0.1, -0.05) is 30.0 Å². The van der Waals surface area contributed by atoms with Gasteiger partial charge in [-0.25, -0.2) is 0 Å². The van der Waals surface area contributed by atoms with Crippen molar-refractivity contribution < 1.29 is 5.11 Å². The van der Waals surface area contributed by atoms with Crippen LogP contribution in [0.5, 0.6) is 0 Å². The van der Waals surface area contributed by atoms with Crippen molar-refractivity contribution in [2.24, 2.45) is 0 Å². The first-order valence-corrected chi connectivity index (χ1v) is 6.89. The molecule has 0 amide bonds. The fourth-order valence-electron chi connectivity index (χ4n) is 2.39. The van der Waals surface area contributed by atoms with E-state index in [-0.39, 0.29) is 6.61 Å². The van der Waals surface area contributed by atoms with E-state index in [1.54, 1.807) is 0 Å². The van der Waals surface area contributed by atoms with Crippen molar-refractivity contribution in [2.45, 2.75) is 19.6 Å². The second kappa shape index (κ2) is 5.92. The minimum Gasteiger partial charge on any atom is -0.392 e. The monoisotopic (exact) mass is 263 g/mol. The molecule has 0 atom stereocenters. The van der Waals surface area contributed by atoms with Crippen molar-refractivity contribution in [1.82, 2.24) is 5.32 Å². The van der Waals surface area contributed by atoms with Crippen molar-refractivity contribution in [2.75, 3.05) is 6.54 Å². The van der Waals surface area contributed by atoms with Crippen LogP contribution in [0.3, 0.4) is 0 Å². The highest BCUT2D eigenvalue weighted by molar-refractivity contribution is 5.46. The summed E-state index contributed by atoms with van der Waals surface area (Å²) in [5.74, 6) is 6.39. The number of hydrogen-bond acceptors (Lipinski definition) is 2. The second-order valence-electron chi connectivity index (χ2n) is 5.02. The smallest absolute Gasteiger partial charge is 0.0681 e. The fraction of sp³-hybridized carbons (Fsp3) is 0.222. The third-order valence-corrected chi connectivity index (χ3v) is 3.58. The Balaban J connectivity index is 1.82. The first-order chi connectivity index (χ1) is 9.85. The molecular formula is C18H17NO. The number of aliphatic hydroxyl groups is 1. The zero-order chi connectivity index (χ0) is 13.8. The third kappa shape index (κ3) is 2.91. The van der Waals surface area contributed by atoms with Crippen molar-refractivity contribution in [3.05, 3.63) is 70.3 Å². The third-order valence-electron chi connectivity index (χ3n) is 3.58. The quantitative estimate of drug-likeness (QED) is 0.773. The molecular weight excluding hydrogens is 246 g/mol. The molecule has 1 heterocycles. The topological polar surface area (TPSA) is 32.3 Å². The van der Waals surface area contributed by atoms with Gasteiger partial charge < -0.3 is 10.4 Å². The normalized spacial score (nSPS) is 13.2. The fourth-order valence-corrected chi connectivity index (χ4v) is 2.39. The molecule has 20 heavy (non-hydrogen) atoms. The maximum atomic E-state index is 9.01. The number of fused-ring (bicyclic) bond motifs is 1. The van der Waals surface area contributed by atoms with Crippen LogP contribution in [0.4, 0.5) is 0 Å². The molecule has 2 N–H and O–H groups in total. The highest BCUT2D eigenvalue weighted by atomic mass is 16.3. The molecule has 0 fully saturated rings. The van der Waals surface area contributed by atoms with Crippen LogP contribution in [-0.2, 0) is 19.6 Å². The maximum absolute atomic E-state index is 9.01. The van der Waals surface area contributed by atoms with E-state index < -0.39 is 0 Å². The van der Waals surface area contributed by atoms with Crippen molar-refractivity contribution in [3.63, 3.8) is 0 Å². The van der Waals surface area contributed by atoms with E-state index in [1.807, 2.05) is 24.3 Å². The van der Waals surface area contributed by atoms with Crippen LogP contribution in [0.1, 0.15) is 27.8 Å². The summed E-state index contributed by atoms with van der Waals surface area (Å²) in [6, 6.07) is 14.2. The number of nitrogens with one attached hydrogen (secondary N) is 1. The summed E-state index contributed by atoms with van der Waals surface area (Å²) >= 11 is 0. The van der Waals surface area contributed by atoms with E-state index in [0.29, 0.717) is 0 Å². The van der Waals surface area contributed by atoms with Gasteiger partial charge in [0.25, 0.3) is 0 Å². The molecule has 2 heteroatoms. The molecule has 0 radical (unpaired) electrons. The van der Waals surface area contributed by atoms with Gasteiger partial charge in [0.05, 0.1) is 6.61 Å². The van der Waals surface area contributed by atoms with Gasteiger partial charge in [0, 0.05) is 17.7 Å². The van der Waals surface area contributed by atoms with Gasteiger partial charge in [0.1, 0.15) is 0 Å². The first kappa shape index (κ1) is 12.9. The van der Waals surface area contributed by atoms with Crippen molar-refractivity contribution in [3.8, 4) is 11.8 Å². The van der Waals surface area contributed by atoms with Gasteiger partial charge in [-0.15, -0.1) is 0 Å². The average molecular weight is 263 g/mol. The van der Waals surface area contributed by atoms with Crippen LogP contribution in [0.2, 0.25) is 0 Å². The molecule has 0 saturated carbocycles. The van der Waals surface area contributed by atoms with E-state index >= 15 is 0 Å². The summed E-state index contributed by atoms with van der Waals surface area (Å²) in [6.45, 7) is 2.09. The van der Waals surface area contributed by atoms with E-state index in [0.717, 1.165) is 36.2 Å². The minimum atomic E-state index is 0.0760. The van der Waals surface area contributed by atoms with Crippen LogP contribution < -0.4 is 5.32 Å². The molecule has 1 aliphatic rings. The summed E-state index contributed by atoms with van der Waals surface area (Å²) in [4.78, 5) is 0. The lowest BCUT2D eigenvalue weighted by atomic mass is 9.98. The Morgan fingerprint density at radius 3 is 2.50 bits per heavy atom. The van der Waals surface area contributed by atoms with E-state index in [2.05, 4.69) is 35.4 Å². The Morgan fingerprint density at radius 1 is 0.950 bits per heavy atom. The van der Waals surface area contributed by atoms with Crippen LogP contribution >= 0.6 is 0 Å². The molecule has 2 nitrogen and oxygen atoms in total. The van der Waals surface area contributed by atoms with Gasteiger partial charge in [0.15, 0.2) is 0 Å². The molecule has 0 saturated heterocycles. The molecule has 0 spiro atoms. The molecule has 0 unspecified atom stereocenters. The van der Waals surface area contributed by atoms with Crippen LogP contribution in [0.15, 0.2) is 42.5 Å². The van der Waals surface area contributed by atoms with Gasteiger partial charge in [0.2, 0.25) is 0 Å². The Morgan fingerprint density at radius 2 is 1.70 bits per heavy atom. The zero-order valence-corrected chi connectivity index (χ0v) is 11.3. The van der Waals surface area contributed by atoms with Crippen molar-refractivity contribution >= 4 is 0 Å². The molecule has 2 aromatic rings. The minimum absolute atomic E-state index is 0.0760. The van der Waals surface area contributed by atoms with Crippen LogP contribution in [-0.4, -0.2) is 11.7 Å². The summed E-state index contributed by atoms with van der Waals surface area (Å²) < 4.78 is 0. The molecule has 0 bridgehead atoms. The predicted molar refractivity (Wildman–Crippen MR) is 80.2 cm³/mol. The number of hydrogen-bond donors (Lipinski definition) is 2. The maximum Gasteiger partial charge on any atom is 0.0681 e.